The highest BCUT2D eigenvalue weighted by Crippen LogP contribution is 2.35. The number of rotatable bonds is 10. The van der Waals surface area contributed by atoms with Crippen LogP contribution in [0.3, 0.4) is 0 Å². The average molecular weight is 429 g/mol. The van der Waals surface area contributed by atoms with Gasteiger partial charge in [-0.15, -0.1) is 0 Å². The zero-order chi connectivity index (χ0) is 23.3. The van der Waals surface area contributed by atoms with Crippen molar-refractivity contribution in [2.24, 2.45) is 5.92 Å². The van der Waals surface area contributed by atoms with Crippen LogP contribution in [0, 0.1) is 33.6 Å². The molecule has 0 amide bonds. The molecule has 0 aromatic heterocycles. The molecule has 168 valence electrons. The summed E-state index contributed by atoms with van der Waals surface area (Å²) in [5, 5.41) is 0. The van der Waals surface area contributed by atoms with E-state index in [0.717, 1.165) is 30.4 Å². The van der Waals surface area contributed by atoms with E-state index in [1.807, 2.05) is 31.2 Å². The summed E-state index contributed by atoms with van der Waals surface area (Å²) in [6, 6.07) is 12.0. The van der Waals surface area contributed by atoms with E-state index in [-0.39, 0.29) is 5.78 Å². The number of aryl methyl sites for hydroxylation is 2. The molecule has 2 aromatic carbocycles. The molecule has 1 unspecified atom stereocenters. The normalized spacial score (nSPS) is 15.5. The first-order chi connectivity index (χ1) is 15.3. The van der Waals surface area contributed by atoms with E-state index in [2.05, 4.69) is 52.0 Å². The maximum Gasteiger partial charge on any atom is 0.163 e. The van der Waals surface area contributed by atoms with Crippen LogP contribution in [0.15, 0.2) is 59.7 Å². The molecule has 0 N–H and O–H groups in total. The molecule has 32 heavy (non-hydrogen) atoms. The van der Waals surface area contributed by atoms with Crippen molar-refractivity contribution in [2.75, 3.05) is 0 Å². The van der Waals surface area contributed by atoms with Crippen LogP contribution in [-0.2, 0) is 11.2 Å². The maximum absolute atomic E-state index is 12.7. The lowest BCUT2D eigenvalue weighted by atomic mass is 9.86. The minimum atomic E-state index is 0.202. The van der Waals surface area contributed by atoms with Crippen LogP contribution in [0.4, 0.5) is 0 Å². The fourth-order valence-corrected chi connectivity index (χ4v) is 4.65. The molecule has 1 aliphatic rings. The van der Waals surface area contributed by atoms with E-state index in [1.165, 1.54) is 33.4 Å². The van der Waals surface area contributed by atoms with Crippen molar-refractivity contribution in [3.63, 3.8) is 0 Å². The summed E-state index contributed by atoms with van der Waals surface area (Å²) in [5.41, 5.74) is 9.60. The Balaban J connectivity index is 1.51. The van der Waals surface area contributed by atoms with Gasteiger partial charge < -0.3 is 0 Å². The van der Waals surface area contributed by atoms with Gasteiger partial charge in [0.1, 0.15) is 5.78 Å². The van der Waals surface area contributed by atoms with Crippen LogP contribution >= 0.6 is 0 Å². The van der Waals surface area contributed by atoms with Crippen molar-refractivity contribution in [1.82, 2.24) is 0 Å². The number of benzene rings is 2. The second-order valence-corrected chi connectivity index (χ2v) is 9.24. The number of hydrogen-bond acceptors (Lipinski definition) is 2. The zero-order valence-electron chi connectivity index (χ0n) is 20.3. The molecule has 0 fully saturated rings. The molecule has 0 saturated carbocycles. The summed E-state index contributed by atoms with van der Waals surface area (Å²) in [6.07, 6.45) is 8.63. The molecule has 3 rings (SSSR count). The Hall–Kier alpha value is -2.74. The van der Waals surface area contributed by atoms with E-state index >= 15 is 0 Å². The van der Waals surface area contributed by atoms with Crippen molar-refractivity contribution < 1.29 is 9.59 Å². The van der Waals surface area contributed by atoms with Crippen molar-refractivity contribution in [1.29, 1.82) is 0 Å². The first-order valence-electron chi connectivity index (χ1n) is 11.9. The smallest absolute Gasteiger partial charge is 0.163 e. The monoisotopic (exact) mass is 428 g/mol. The highest BCUT2D eigenvalue weighted by molar-refractivity contribution is 5.96. The largest absolute Gasteiger partial charge is 0.299 e. The van der Waals surface area contributed by atoms with Crippen LogP contribution in [0.25, 0.3) is 0 Å². The van der Waals surface area contributed by atoms with E-state index < -0.39 is 0 Å². The Bertz CT molecular complexity index is 1050. The Kier molecular flexibility index (Phi) is 8.01. The third-order valence-corrected chi connectivity index (χ3v) is 7.08. The lowest BCUT2D eigenvalue weighted by Crippen LogP contribution is -2.09. The Morgan fingerprint density at radius 2 is 1.41 bits per heavy atom. The Labute approximate surface area is 193 Å². The van der Waals surface area contributed by atoms with Gasteiger partial charge in [0.05, 0.1) is 0 Å². The van der Waals surface area contributed by atoms with Crippen LogP contribution in [0.5, 0.6) is 0 Å². The van der Waals surface area contributed by atoms with Gasteiger partial charge in [-0.25, -0.2) is 0 Å². The second-order valence-electron chi connectivity index (χ2n) is 9.24. The summed E-state index contributed by atoms with van der Waals surface area (Å²) in [7, 11) is 0. The SMILES string of the molecule is CCC1C(CCC(=O)Cc2ccc(C)c(C)c2C)=CC=C1CCC(=O)c1ccc(C)cc1. The second kappa shape index (κ2) is 10.7. The highest BCUT2D eigenvalue weighted by Gasteiger charge is 2.22. The van der Waals surface area contributed by atoms with Gasteiger partial charge in [0.15, 0.2) is 5.78 Å². The number of ketones is 2. The fraction of sp³-hybridized carbons (Fsp3) is 0.400. The summed E-state index contributed by atoms with van der Waals surface area (Å²) < 4.78 is 0. The molecular weight excluding hydrogens is 392 g/mol. The van der Waals surface area contributed by atoms with Gasteiger partial charge in [0.25, 0.3) is 0 Å². The Morgan fingerprint density at radius 1 is 0.781 bits per heavy atom. The quantitative estimate of drug-likeness (QED) is 0.370. The predicted molar refractivity (Wildman–Crippen MR) is 133 cm³/mol. The van der Waals surface area contributed by atoms with Crippen molar-refractivity contribution in [3.05, 3.63) is 93.1 Å². The maximum atomic E-state index is 12.7. The van der Waals surface area contributed by atoms with Gasteiger partial charge in [-0.2, -0.15) is 0 Å². The molecule has 1 atom stereocenters. The van der Waals surface area contributed by atoms with Crippen LogP contribution in [0.1, 0.15) is 77.2 Å². The van der Waals surface area contributed by atoms with Crippen LogP contribution in [-0.4, -0.2) is 11.6 Å². The third-order valence-electron chi connectivity index (χ3n) is 7.08. The summed E-state index contributed by atoms with van der Waals surface area (Å²) in [5.74, 6) is 0.875. The summed E-state index contributed by atoms with van der Waals surface area (Å²) >= 11 is 0. The number of carbonyl (C=O) groups excluding carboxylic acids is 2. The standard InChI is InChI=1S/C30H36O2/c1-6-29-24(15-17-28(31)19-27-12-9-21(3)22(4)23(27)5)13-14-25(29)16-18-30(32)26-10-7-20(2)8-11-26/h7-14,29H,6,15-19H2,1-5H3. The highest BCUT2D eigenvalue weighted by atomic mass is 16.1. The fourth-order valence-electron chi connectivity index (χ4n) is 4.65. The summed E-state index contributed by atoms with van der Waals surface area (Å²) in [6.45, 7) is 10.6. The number of hydrogen-bond donors (Lipinski definition) is 0. The van der Waals surface area contributed by atoms with Gasteiger partial charge in [-0.3, -0.25) is 9.59 Å². The topological polar surface area (TPSA) is 34.1 Å². The van der Waals surface area contributed by atoms with E-state index in [9.17, 15) is 9.59 Å². The van der Waals surface area contributed by atoms with Gasteiger partial charge in [0.2, 0.25) is 0 Å². The van der Waals surface area contributed by atoms with Crippen molar-refractivity contribution in [2.45, 2.75) is 73.1 Å². The Morgan fingerprint density at radius 3 is 2.03 bits per heavy atom. The molecule has 0 aliphatic heterocycles. The average Bonchev–Trinajstić information content (AvgIpc) is 3.18. The molecule has 0 spiro atoms. The third kappa shape index (κ3) is 5.73. The van der Waals surface area contributed by atoms with Gasteiger partial charge in [-0.05, 0) is 69.2 Å². The molecule has 2 heteroatoms. The molecular formula is C30H36O2. The van der Waals surface area contributed by atoms with Crippen molar-refractivity contribution >= 4 is 11.6 Å². The van der Waals surface area contributed by atoms with Gasteiger partial charge in [0, 0.05) is 30.7 Å². The molecule has 0 saturated heterocycles. The van der Waals surface area contributed by atoms with E-state index in [0.29, 0.717) is 31.0 Å². The van der Waals surface area contributed by atoms with Gasteiger partial charge >= 0.3 is 0 Å². The lowest BCUT2D eigenvalue weighted by molar-refractivity contribution is -0.118. The predicted octanol–water partition coefficient (Wildman–Crippen LogP) is 7.37. The molecule has 1 aliphatic carbocycles. The van der Waals surface area contributed by atoms with Gasteiger partial charge in [-0.1, -0.05) is 72.2 Å². The van der Waals surface area contributed by atoms with Crippen LogP contribution in [0.2, 0.25) is 0 Å². The molecule has 0 radical (unpaired) electrons. The first-order valence-corrected chi connectivity index (χ1v) is 11.9. The minimum absolute atomic E-state index is 0.202. The number of allylic oxidation sites excluding steroid dienone is 4. The first kappa shape index (κ1) is 23.9. The number of carbonyl (C=O) groups is 2. The molecule has 2 aromatic rings. The summed E-state index contributed by atoms with van der Waals surface area (Å²) in [4.78, 5) is 25.3. The zero-order valence-corrected chi connectivity index (χ0v) is 20.3. The van der Waals surface area contributed by atoms with Crippen molar-refractivity contribution in [3.8, 4) is 0 Å². The van der Waals surface area contributed by atoms with Crippen LogP contribution < -0.4 is 0 Å². The van der Waals surface area contributed by atoms with E-state index in [4.69, 9.17) is 0 Å². The molecule has 0 heterocycles. The minimum Gasteiger partial charge on any atom is -0.299 e. The van der Waals surface area contributed by atoms with E-state index in [1.54, 1.807) is 0 Å². The molecule has 0 bridgehead atoms. The number of Topliss-reactive ketones (excluding diaryl/α,β-unsaturated/α-hetero) is 2. The molecule has 2 nitrogen and oxygen atoms in total. The lowest BCUT2D eigenvalue weighted by Gasteiger charge is -2.18.